The molecule has 0 aliphatic rings. The minimum absolute atomic E-state index is 0.675. The summed E-state index contributed by atoms with van der Waals surface area (Å²) >= 11 is 0. The van der Waals surface area contributed by atoms with Gasteiger partial charge in [0, 0.05) is 0 Å². The Morgan fingerprint density at radius 1 is 1.50 bits per heavy atom. The number of aliphatic hydroxyl groups is 2. The quantitative estimate of drug-likeness (QED) is 0.570. The number of ether oxygens (including phenoxy) is 1. The summed E-state index contributed by atoms with van der Waals surface area (Å²) in [6, 6.07) is 0. The Morgan fingerprint density at radius 2 is 1.92 bits per heavy atom. The van der Waals surface area contributed by atoms with Gasteiger partial charge < -0.3 is 14.9 Å². The molecule has 72 valence electrons. The van der Waals surface area contributed by atoms with E-state index in [4.69, 9.17) is 10.2 Å². The van der Waals surface area contributed by atoms with Crippen LogP contribution in [0.4, 0.5) is 13.2 Å². The van der Waals surface area contributed by atoms with E-state index >= 15 is 0 Å². The molecule has 0 radical (unpaired) electrons. The summed E-state index contributed by atoms with van der Waals surface area (Å²) in [5.41, 5.74) is -3.82. The van der Waals surface area contributed by atoms with Crippen molar-refractivity contribution in [2.45, 2.75) is 11.8 Å². The molecule has 4 nitrogen and oxygen atoms in total. The summed E-state index contributed by atoms with van der Waals surface area (Å²) in [5.74, 6) is -1.93. The van der Waals surface area contributed by atoms with Gasteiger partial charge >= 0.3 is 12.1 Å². The SMILES string of the molecule is COC(=O)[C@@](O)(CO)C(F)(F)F. The molecule has 12 heavy (non-hydrogen) atoms. The van der Waals surface area contributed by atoms with Gasteiger partial charge in [0.1, 0.15) is 0 Å². The van der Waals surface area contributed by atoms with Crippen molar-refractivity contribution in [3.8, 4) is 0 Å². The van der Waals surface area contributed by atoms with Gasteiger partial charge in [-0.1, -0.05) is 0 Å². The van der Waals surface area contributed by atoms with Gasteiger partial charge in [-0.3, -0.25) is 0 Å². The van der Waals surface area contributed by atoms with Crippen LogP contribution < -0.4 is 0 Å². The molecule has 0 aromatic carbocycles. The largest absolute Gasteiger partial charge is 0.467 e. The van der Waals surface area contributed by atoms with E-state index in [2.05, 4.69) is 4.74 Å². The van der Waals surface area contributed by atoms with Crippen LogP contribution in [0.3, 0.4) is 0 Å². The summed E-state index contributed by atoms with van der Waals surface area (Å²) < 4.78 is 39.2. The van der Waals surface area contributed by atoms with Crippen LogP contribution in [0.15, 0.2) is 0 Å². The zero-order valence-corrected chi connectivity index (χ0v) is 6.05. The third-order valence-electron chi connectivity index (χ3n) is 1.22. The molecule has 2 N–H and O–H groups in total. The topological polar surface area (TPSA) is 66.8 Å². The molecule has 0 spiro atoms. The molecule has 0 aliphatic carbocycles. The maximum Gasteiger partial charge on any atom is 0.430 e. The fourth-order valence-corrected chi connectivity index (χ4v) is 0.439. The summed E-state index contributed by atoms with van der Waals surface area (Å²) in [7, 11) is 0.675. The van der Waals surface area contributed by atoms with Gasteiger partial charge in [0.25, 0.3) is 5.60 Å². The Morgan fingerprint density at radius 3 is 2.00 bits per heavy atom. The molecule has 0 rings (SSSR count). The van der Waals surface area contributed by atoms with Crippen molar-refractivity contribution >= 4 is 5.97 Å². The van der Waals surface area contributed by atoms with Crippen LogP contribution in [-0.2, 0) is 9.53 Å². The number of esters is 1. The van der Waals surface area contributed by atoms with Crippen molar-refractivity contribution in [3.63, 3.8) is 0 Å². The molecule has 0 aliphatic heterocycles. The number of rotatable bonds is 2. The fraction of sp³-hybridized carbons (Fsp3) is 0.800. The first kappa shape index (κ1) is 11.2. The Kier molecular flexibility index (Phi) is 3.05. The average Bonchev–Trinajstić information content (AvgIpc) is 1.99. The molecule has 7 heteroatoms. The predicted molar refractivity (Wildman–Crippen MR) is 30.1 cm³/mol. The lowest BCUT2D eigenvalue weighted by Gasteiger charge is -2.24. The average molecular weight is 188 g/mol. The van der Waals surface area contributed by atoms with Gasteiger partial charge in [0.15, 0.2) is 0 Å². The van der Waals surface area contributed by atoms with Crippen LogP contribution in [0.1, 0.15) is 0 Å². The zero-order chi connectivity index (χ0) is 9.99. The molecule has 0 unspecified atom stereocenters. The highest BCUT2D eigenvalue weighted by Gasteiger charge is 2.60. The smallest absolute Gasteiger partial charge is 0.430 e. The van der Waals surface area contributed by atoms with Crippen LogP contribution in [0.2, 0.25) is 0 Å². The number of alkyl halides is 3. The molecule has 1 atom stereocenters. The van der Waals surface area contributed by atoms with Gasteiger partial charge in [-0.25, -0.2) is 4.79 Å². The third kappa shape index (κ3) is 1.67. The first-order valence-corrected chi connectivity index (χ1v) is 2.78. The van der Waals surface area contributed by atoms with E-state index in [1.54, 1.807) is 0 Å². The van der Waals surface area contributed by atoms with Gasteiger partial charge in [0.05, 0.1) is 13.7 Å². The van der Waals surface area contributed by atoms with Crippen molar-refractivity contribution in [2.75, 3.05) is 13.7 Å². The number of carbonyl (C=O) groups is 1. The molecule has 0 saturated heterocycles. The lowest BCUT2D eigenvalue weighted by atomic mass is 10.1. The van der Waals surface area contributed by atoms with Crippen LogP contribution in [0, 0.1) is 0 Å². The number of hydrogen-bond acceptors (Lipinski definition) is 4. The van der Waals surface area contributed by atoms with Gasteiger partial charge in [0.2, 0.25) is 0 Å². The van der Waals surface area contributed by atoms with Crippen molar-refractivity contribution in [3.05, 3.63) is 0 Å². The monoisotopic (exact) mass is 188 g/mol. The summed E-state index contributed by atoms with van der Waals surface area (Å²) in [6.07, 6.45) is -5.24. The Hall–Kier alpha value is -0.820. The predicted octanol–water partition coefficient (Wildman–Crippen LogP) is -0.555. The molecular weight excluding hydrogens is 181 g/mol. The minimum Gasteiger partial charge on any atom is -0.467 e. The van der Waals surface area contributed by atoms with Crippen LogP contribution in [-0.4, -0.2) is 41.7 Å². The van der Waals surface area contributed by atoms with E-state index in [-0.39, 0.29) is 0 Å². The van der Waals surface area contributed by atoms with E-state index < -0.39 is 24.4 Å². The highest BCUT2D eigenvalue weighted by Crippen LogP contribution is 2.30. The second-order valence-corrected chi connectivity index (χ2v) is 2.01. The van der Waals surface area contributed by atoms with E-state index in [1.807, 2.05) is 0 Å². The highest BCUT2D eigenvalue weighted by molar-refractivity contribution is 5.80. The molecule has 0 aromatic rings. The standard InChI is InChI=1S/C5H7F3O4/c1-12-3(10)4(11,2-9)5(6,7)8/h9,11H,2H2,1H3/t4-/m0/s1. The third-order valence-corrected chi connectivity index (χ3v) is 1.22. The molecule has 0 heterocycles. The van der Waals surface area contributed by atoms with Crippen LogP contribution in [0.25, 0.3) is 0 Å². The Labute approximate surface area is 65.6 Å². The first-order valence-electron chi connectivity index (χ1n) is 2.78. The second kappa shape index (κ2) is 3.28. The van der Waals surface area contributed by atoms with Crippen molar-refractivity contribution in [2.24, 2.45) is 0 Å². The number of hydrogen-bond donors (Lipinski definition) is 2. The lowest BCUT2D eigenvalue weighted by molar-refractivity contribution is -0.270. The molecule has 0 bridgehead atoms. The summed E-state index contributed by atoms with van der Waals surface area (Å²) in [4.78, 5) is 10.4. The zero-order valence-electron chi connectivity index (χ0n) is 6.05. The molecule has 0 aromatic heterocycles. The van der Waals surface area contributed by atoms with Crippen molar-refractivity contribution in [1.82, 2.24) is 0 Å². The molecule has 0 fully saturated rings. The summed E-state index contributed by atoms with van der Waals surface area (Å²) in [6.45, 7) is -1.76. The molecule has 0 saturated carbocycles. The van der Waals surface area contributed by atoms with E-state index in [9.17, 15) is 18.0 Å². The van der Waals surface area contributed by atoms with Gasteiger partial charge in [-0.05, 0) is 0 Å². The Bertz CT molecular complexity index is 178. The minimum atomic E-state index is -5.24. The van der Waals surface area contributed by atoms with Crippen molar-refractivity contribution in [1.29, 1.82) is 0 Å². The van der Waals surface area contributed by atoms with E-state index in [1.165, 1.54) is 0 Å². The number of carbonyl (C=O) groups excluding carboxylic acids is 1. The maximum absolute atomic E-state index is 11.8. The normalized spacial score (nSPS) is 16.8. The number of aliphatic hydroxyl groups excluding tert-OH is 1. The maximum atomic E-state index is 11.8. The van der Waals surface area contributed by atoms with Crippen LogP contribution in [0.5, 0.6) is 0 Å². The van der Waals surface area contributed by atoms with Gasteiger partial charge in [-0.15, -0.1) is 0 Å². The second-order valence-electron chi connectivity index (χ2n) is 2.01. The number of methoxy groups -OCH3 is 1. The summed E-state index contributed by atoms with van der Waals surface area (Å²) in [5, 5.41) is 16.7. The highest BCUT2D eigenvalue weighted by atomic mass is 19.4. The lowest BCUT2D eigenvalue weighted by Crippen LogP contribution is -2.55. The van der Waals surface area contributed by atoms with Crippen LogP contribution >= 0.6 is 0 Å². The Balaban J connectivity index is 4.80. The first-order chi connectivity index (χ1) is 5.29. The van der Waals surface area contributed by atoms with E-state index in [0.29, 0.717) is 7.11 Å². The van der Waals surface area contributed by atoms with E-state index in [0.717, 1.165) is 0 Å². The fourth-order valence-electron chi connectivity index (χ4n) is 0.439. The number of halogens is 3. The van der Waals surface area contributed by atoms with Crippen molar-refractivity contribution < 1.29 is 32.9 Å². The molecular formula is C5H7F3O4. The molecule has 0 amide bonds. The van der Waals surface area contributed by atoms with Gasteiger partial charge in [-0.2, -0.15) is 13.2 Å².